The average molecular weight is 401 g/mol. The molecular weight excluding hydrogens is 382 g/mol. The van der Waals surface area contributed by atoms with Gasteiger partial charge in [0, 0.05) is 5.56 Å². The van der Waals surface area contributed by atoms with E-state index in [0.717, 1.165) is 21.9 Å². The number of carbonyl (C=O) groups excluding carboxylic acids is 1. The lowest BCUT2D eigenvalue weighted by atomic mass is 10.0. The van der Waals surface area contributed by atoms with Crippen LogP contribution in [-0.4, -0.2) is 20.7 Å². The van der Waals surface area contributed by atoms with Crippen molar-refractivity contribution in [2.75, 3.05) is 6.54 Å². The van der Waals surface area contributed by atoms with Crippen molar-refractivity contribution in [1.29, 1.82) is 0 Å². The van der Waals surface area contributed by atoms with Crippen molar-refractivity contribution in [1.82, 2.24) is 4.72 Å². The fraction of sp³-hybridized carbons (Fsp3) is 0.0417. The molecule has 0 radical (unpaired) electrons. The summed E-state index contributed by atoms with van der Waals surface area (Å²) in [5.41, 5.74) is 2.38. The van der Waals surface area contributed by atoms with Crippen LogP contribution >= 0.6 is 0 Å². The predicted molar refractivity (Wildman–Crippen MR) is 115 cm³/mol. The van der Waals surface area contributed by atoms with Gasteiger partial charge in [-0.3, -0.25) is 4.79 Å². The van der Waals surface area contributed by atoms with E-state index in [4.69, 9.17) is 0 Å². The number of hydrogen-bond donors (Lipinski definition) is 1. The first-order chi connectivity index (χ1) is 14.0. The summed E-state index contributed by atoms with van der Waals surface area (Å²) in [6.07, 6.45) is 0. The minimum Gasteiger partial charge on any atom is -0.293 e. The van der Waals surface area contributed by atoms with E-state index >= 15 is 0 Å². The number of fused-ring (bicyclic) bond motifs is 1. The van der Waals surface area contributed by atoms with Gasteiger partial charge in [0.2, 0.25) is 10.0 Å². The van der Waals surface area contributed by atoms with Crippen molar-refractivity contribution in [2.45, 2.75) is 4.90 Å². The SMILES string of the molecule is O=C(CNS(=O)(=O)c1ccc2ccccc2c1)c1cccc(-c2ccccc2)c1. The number of rotatable bonds is 6. The first-order valence-electron chi connectivity index (χ1n) is 9.20. The maximum Gasteiger partial charge on any atom is 0.241 e. The van der Waals surface area contributed by atoms with Gasteiger partial charge in [0.15, 0.2) is 5.78 Å². The Morgan fingerprint density at radius 2 is 1.38 bits per heavy atom. The van der Waals surface area contributed by atoms with Crippen molar-refractivity contribution >= 4 is 26.6 Å². The second kappa shape index (κ2) is 7.99. The molecule has 5 heteroatoms. The van der Waals surface area contributed by atoms with Crippen LogP contribution in [0.3, 0.4) is 0 Å². The Morgan fingerprint density at radius 1 is 0.690 bits per heavy atom. The summed E-state index contributed by atoms with van der Waals surface area (Å²) in [6, 6.07) is 29.4. The van der Waals surface area contributed by atoms with Crippen LogP contribution in [0.4, 0.5) is 0 Å². The quantitative estimate of drug-likeness (QED) is 0.478. The van der Waals surface area contributed by atoms with Crippen molar-refractivity contribution in [3.63, 3.8) is 0 Å². The lowest BCUT2D eigenvalue weighted by Crippen LogP contribution is -2.29. The number of hydrogen-bond acceptors (Lipinski definition) is 3. The van der Waals surface area contributed by atoms with Gasteiger partial charge >= 0.3 is 0 Å². The van der Waals surface area contributed by atoms with Gasteiger partial charge in [-0.1, -0.05) is 78.9 Å². The summed E-state index contributed by atoms with van der Waals surface area (Å²) in [7, 11) is -3.79. The molecule has 4 rings (SSSR count). The maximum atomic E-state index is 12.6. The molecule has 0 unspecified atom stereocenters. The zero-order chi connectivity index (χ0) is 20.3. The van der Waals surface area contributed by atoms with Gasteiger partial charge in [-0.15, -0.1) is 0 Å². The van der Waals surface area contributed by atoms with E-state index in [2.05, 4.69) is 4.72 Å². The standard InChI is InChI=1S/C24H19NO3S/c26-24(22-12-6-11-20(15-22)18-7-2-1-3-8-18)17-25-29(27,28)23-14-13-19-9-4-5-10-21(19)16-23/h1-16,25H,17H2. The summed E-state index contributed by atoms with van der Waals surface area (Å²) in [5, 5.41) is 1.79. The first-order valence-corrected chi connectivity index (χ1v) is 10.7. The summed E-state index contributed by atoms with van der Waals surface area (Å²) in [6.45, 7) is -0.298. The smallest absolute Gasteiger partial charge is 0.241 e. The highest BCUT2D eigenvalue weighted by atomic mass is 32.2. The number of nitrogens with one attached hydrogen (secondary N) is 1. The van der Waals surface area contributed by atoms with Crippen LogP contribution in [0.15, 0.2) is 102 Å². The van der Waals surface area contributed by atoms with Crippen LogP contribution in [-0.2, 0) is 10.0 Å². The molecule has 0 bridgehead atoms. The van der Waals surface area contributed by atoms with Crippen molar-refractivity contribution in [2.24, 2.45) is 0 Å². The molecular formula is C24H19NO3S. The summed E-state index contributed by atoms with van der Waals surface area (Å²) in [5.74, 6) is -0.285. The van der Waals surface area contributed by atoms with E-state index in [1.807, 2.05) is 60.7 Å². The largest absolute Gasteiger partial charge is 0.293 e. The molecule has 0 fully saturated rings. The van der Waals surface area contributed by atoms with Crippen LogP contribution in [0.1, 0.15) is 10.4 Å². The van der Waals surface area contributed by atoms with Gasteiger partial charge in [0.05, 0.1) is 11.4 Å². The molecule has 4 aromatic rings. The Morgan fingerprint density at radius 3 is 2.17 bits per heavy atom. The van der Waals surface area contributed by atoms with Crippen LogP contribution in [0.2, 0.25) is 0 Å². The summed E-state index contributed by atoms with van der Waals surface area (Å²) >= 11 is 0. The second-order valence-electron chi connectivity index (χ2n) is 6.70. The third-order valence-corrected chi connectivity index (χ3v) is 6.14. The third-order valence-electron chi connectivity index (χ3n) is 4.75. The molecule has 0 spiro atoms. The summed E-state index contributed by atoms with van der Waals surface area (Å²) < 4.78 is 27.7. The molecule has 0 aromatic heterocycles. The van der Waals surface area contributed by atoms with Crippen LogP contribution < -0.4 is 4.72 Å². The van der Waals surface area contributed by atoms with E-state index in [9.17, 15) is 13.2 Å². The van der Waals surface area contributed by atoms with Gasteiger partial charge in [-0.05, 0) is 40.1 Å². The normalized spacial score (nSPS) is 11.4. The molecule has 0 aliphatic heterocycles. The zero-order valence-corrected chi connectivity index (χ0v) is 16.4. The molecule has 0 amide bonds. The minimum atomic E-state index is -3.79. The number of Topliss-reactive ketones (excluding diaryl/α,β-unsaturated/α-hetero) is 1. The number of carbonyl (C=O) groups is 1. The van der Waals surface area contributed by atoms with Gasteiger partial charge in [-0.25, -0.2) is 13.1 Å². The van der Waals surface area contributed by atoms with Gasteiger partial charge in [0.1, 0.15) is 0 Å². The Balaban J connectivity index is 1.51. The second-order valence-corrected chi connectivity index (χ2v) is 8.47. The third kappa shape index (κ3) is 4.26. The molecule has 29 heavy (non-hydrogen) atoms. The average Bonchev–Trinajstić information content (AvgIpc) is 2.78. The first kappa shape index (κ1) is 19.1. The lowest BCUT2D eigenvalue weighted by Gasteiger charge is -2.09. The molecule has 0 atom stereocenters. The topological polar surface area (TPSA) is 63.2 Å². The van der Waals surface area contributed by atoms with Gasteiger partial charge < -0.3 is 0 Å². The molecule has 0 heterocycles. The maximum absolute atomic E-state index is 12.6. The molecule has 0 aliphatic rings. The van der Waals surface area contributed by atoms with E-state index in [-0.39, 0.29) is 17.2 Å². The fourth-order valence-electron chi connectivity index (χ4n) is 3.18. The molecule has 0 aliphatic carbocycles. The Labute approximate surface area is 169 Å². The highest BCUT2D eigenvalue weighted by molar-refractivity contribution is 7.89. The van der Waals surface area contributed by atoms with E-state index in [1.165, 1.54) is 0 Å². The van der Waals surface area contributed by atoms with Crippen molar-refractivity contribution in [3.8, 4) is 11.1 Å². The molecule has 4 nitrogen and oxygen atoms in total. The molecule has 4 aromatic carbocycles. The van der Waals surface area contributed by atoms with Crippen LogP contribution in [0.5, 0.6) is 0 Å². The lowest BCUT2D eigenvalue weighted by molar-refractivity contribution is 0.0997. The number of ketones is 1. The summed E-state index contributed by atoms with van der Waals surface area (Å²) in [4.78, 5) is 12.7. The molecule has 1 N–H and O–H groups in total. The minimum absolute atomic E-state index is 0.141. The predicted octanol–water partition coefficient (Wildman–Crippen LogP) is 4.67. The van der Waals surface area contributed by atoms with Crippen molar-refractivity contribution in [3.05, 3.63) is 103 Å². The van der Waals surface area contributed by atoms with Gasteiger partial charge in [0.25, 0.3) is 0 Å². The van der Waals surface area contributed by atoms with Crippen LogP contribution in [0, 0.1) is 0 Å². The van der Waals surface area contributed by atoms with Crippen molar-refractivity contribution < 1.29 is 13.2 Å². The molecule has 144 valence electrons. The monoisotopic (exact) mass is 401 g/mol. The fourth-order valence-corrected chi connectivity index (χ4v) is 4.20. The van der Waals surface area contributed by atoms with E-state index in [0.29, 0.717) is 5.56 Å². The van der Waals surface area contributed by atoms with Crippen LogP contribution in [0.25, 0.3) is 21.9 Å². The zero-order valence-electron chi connectivity index (χ0n) is 15.6. The number of benzene rings is 4. The van der Waals surface area contributed by atoms with E-state index in [1.54, 1.807) is 36.4 Å². The van der Waals surface area contributed by atoms with Gasteiger partial charge in [-0.2, -0.15) is 0 Å². The Bertz CT molecular complexity index is 1280. The Kier molecular flexibility index (Phi) is 5.25. The molecule has 0 saturated heterocycles. The molecule has 0 saturated carbocycles. The van der Waals surface area contributed by atoms with E-state index < -0.39 is 10.0 Å². The number of sulfonamides is 1. The highest BCUT2D eigenvalue weighted by Gasteiger charge is 2.17. The highest BCUT2D eigenvalue weighted by Crippen LogP contribution is 2.21. The Hall–Kier alpha value is -3.28.